The molecule has 0 aromatic carbocycles. The van der Waals surface area contributed by atoms with Crippen molar-refractivity contribution in [2.45, 2.75) is 0 Å². The second-order valence-electron chi connectivity index (χ2n) is 2.27. The Morgan fingerprint density at radius 2 is 2.18 bits per heavy atom. The summed E-state index contributed by atoms with van der Waals surface area (Å²) in [5, 5.41) is 0. The number of nitrogens with zero attached hydrogens (tertiary/aromatic N) is 1. The molecule has 2 rings (SSSR count). The van der Waals surface area contributed by atoms with E-state index in [1.807, 2.05) is 0 Å². The van der Waals surface area contributed by atoms with Crippen LogP contribution >= 0.6 is 0 Å². The summed E-state index contributed by atoms with van der Waals surface area (Å²) in [6, 6.07) is 1.71. The number of fused-ring (bicyclic) bond motifs is 1. The highest BCUT2D eigenvalue weighted by Gasteiger charge is 2.11. The number of rotatable bonds is 0. The molecule has 0 saturated heterocycles. The van der Waals surface area contributed by atoms with Gasteiger partial charge in [0.2, 0.25) is 0 Å². The minimum Gasteiger partial charge on any atom is -0.484 e. The number of nitrogen functional groups attached to an aromatic ring is 1. The van der Waals surface area contributed by atoms with Crippen LogP contribution in [0.3, 0.4) is 0 Å². The van der Waals surface area contributed by atoms with Crippen LogP contribution in [0.1, 0.15) is 0 Å². The first-order valence-corrected chi connectivity index (χ1v) is 3.37. The van der Waals surface area contributed by atoms with Crippen molar-refractivity contribution in [3.05, 3.63) is 12.3 Å². The van der Waals surface area contributed by atoms with Crippen LogP contribution in [0.25, 0.3) is 0 Å². The molecule has 0 radical (unpaired) electrons. The maximum Gasteiger partial charge on any atom is 0.257 e. The molecule has 0 aliphatic carbocycles. The lowest BCUT2D eigenvalue weighted by atomic mass is 10.4. The summed E-state index contributed by atoms with van der Waals surface area (Å²) < 4.78 is 10.4. The lowest BCUT2D eigenvalue weighted by Crippen LogP contribution is -2.16. The van der Waals surface area contributed by atoms with Crippen molar-refractivity contribution < 1.29 is 9.47 Å². The van der Waals surface area contributed by atoms with E-state index in [1.165, 1.54) is 0 Å². The minimum atomic E-state index is 0.533. The third-order valence-electron chi connectivity index (χ3n) is 1.42. The zero-order chi connectivity index (χ0) is 7.68. The summed E-state index contributed by atoms with van der Waals surface area (Å²) in [5.74, 6) is 1.17. The smallest absolute Gasteiger partial charge is 0.257 e. The van der Waals surface area contributed by atoms with Crippen molar-refractivity contribution in [3.63, 3.8) is 0 Å². The summed E-state index contributed by atoms with van der Waals surface area (Å²) in [6.45, 7) is 1.13. The Morgan fingerprint density at radius 1 is 1.36 bits per heavy atom. The van der Waals surface area contributed by atoms with E-state index < -0.39 is 0 Å². The molecule has 2 heterocycles. The van der Waals surface area contributed by atoms with Gasteiger partial charge >= 0.3 is 0 Å². The van der Waals surface area contributed by atoms with Gasteiger partial charge in [-0.1, -0.05) is 0 Å². The van der Waals surface area contributed by atoms with Crippen molar-refractivity contribution in [3.8, 4) is 11.6 Å². The topological polar surface area (TPSA) is 57.4 Å². The zero-order valence-electron chi connectivity index (χ0n) is 5.91. The fourth-order valence-corrected chi connectivity index (χ4v) is 0.949. The number of pyridine rings is 1. The highest BCUT2D eigenvalue weighted by molar-refractivity contribution is 5.47. The third-order valence-corrected chi connectivity index (χ3v) is 1.42. The Bertz CT molecular complexity index is 275. The first kappa shape index (κ1) is 6.27. The van der Waals surface area contributed by atoms with Crippen molar-refractivity contribution >= 4 is 5.69 Å². The van der Waals surface area contributed by atoms with Crippen LogP contribution < -0.4 is 15.2 Å². The van der Waals surface area contributed by atoms with Crippen LogP contribution in [0.2, 0.25) is 0 Å². The minimum absolute atomic E-state index is 0.533. The summed E-state index contributed by atoms with van der Waals surface area (Å²) in [7, 11) is 0. The summed E-state index contributed by atoms with van der Waals surface area (Å²) in [6.07, 6.45) is 1.55. The zero-order valence-corrected chi connectivity index (χ0v) is 5.91. The lowest BCUT2D eigenvalue weighted by molar-refractivity contribution is 0.164. The summed E-state index contributed by atoms with van der Waals surface area (Å²) in [4.78, 5) is 3.95. The number of hydrogen-bond donors (Lipinski definition) is 1. The largest absolute Gasteiger partial charge is 0.484 e. The first-order valence-electron chi connectivity index (χ1n) is 3.37. The average Bonchev–Trinajstić information content (AvgIpc) is 2.04. The van der Waals surface area contributed by atoms with E-state index >= 15 is 0 Å². The molecular formula is C7H8N2O2. The van der Waals surface area contributed by atoms with Gasteiger partial charge in [-0.05, 0) is 0 Å². The maximum absolute atomic E-state index is 5.48. The molecule has 4 nitrogen and oxygen atoms in total. The maximum atomic E-state index is 5.48. The molecular weight excluding hydrogens is 144 g/mol. The molecule has 2 N–H and O–H groups in total. The SMILES string of the molecule is Nc1cnc2c(c1)OCCO2. The van der Waals surface area contributed by atoms with Crippen LogP contribution in [0.15, 0.2) is 12.3 Å². The van der Waals surface area contributed by atoms with Gasteiger partial charge in [-0.3, -0.25) is 0 Å². The molecule has 1 aromatic rings. The van der Waals surface area contributed by atoms with E-state index in [2.05, 4.69) is 4.98 Å². The molecule has 0 unspecified atom stereocenters. The van der Waals surface area contributed by atoms with E-state index in [-0.39, 0.29) is 0 Å². The van der Waals surface area contributed by atoms with E-state index in [9.17, 15) is 0 Å². The van der Waals surface area contributed by atoms with E-state index in [0.29, 0.717) is 30.5 Å². The Morgan fingerprint density at radius 3 is 3.09 bits per heavy atom. The van der Waals surface area contributed by atoms with Gasteiger partial charge in [0.1, 0.15) is 13.2 Å². The second kappa shape index (κ2) is 2.30. The van der Waals surface area contributed by atoms with E-state index in [0.717, 1.165) is 0 Å². The molecule has 0 amide bonds. The highest BCUT2D eigenvalue weighted by atomic mass is 16.6. The van der Waals surface area contributed by atoms with Crippen LogP contribution in [-0.2, 0) is 0 Å². The van der Waals surface area contributed by atoms with Crippen LogP contribution in [0, 0.1) is 0 Å². The van der Waals surface area contributed by atoms with Gasteiger partial charge in [-0.15, -0.1) is 0 Å². The third kappa shape index (κ3) is 1.07. The van der Waals surface area contributed by atoms with Crippen molar-refractivity contribution in [1.82, 2.24) is 4.98 Å². The molecule has 0 spiro atoms. The van der Waals surface area contributed by atoms with Crippen molar-refractivity contribution in [2.75, 3.05) is 18.9 Å². The number of hydrogen-bond acceptors (Lipinski definition) is 4. The molecule has 0 fully saturated rings. The molecule has 1 aromatic heterocycles. The second-order valence-corrected chi connectivity index (χ2v) is 2.27. The van der Waals surface area contributed by atoms with Gasteiger partial charge in [-0.25, -0.2) is 4.98 Å². The standard InChI is InChI=1S/C7H8N2O2/c8-5-3-6-7(9-4-5)11-2-1-10-6/h3-4H,1-2,8H2. The summed E-state index contributed by atoms with van der Waals surface area (Å²) in [5.41, 5.74) is 6.08. The Labute approximate surface area is 63.9 Å². The quantitative estimate of drug-likeness (QED) is 0.585. The van der Waals surface area contributed by atoms with Crippen LogP contribution in [-0.4, -0.2) is 18.2 Å². The van der Waals surface area contributed by atoms with Gasteiger partial charge < -0.3 is 15.2 Å². The van der Waals surface area contributed by atoms with Gasteiger partial charge in [-0.2, -0.15) is 0 Å². The molecule has 58 valence electrons. The van der Waals surface area contributed by atoms with Gasteiger partial charge in [0.15, 0.2) is 5.75 Å². The molecule has 0 atom stereocenters. The Kier molecular flexibility index (Phi) is 1.31. The van der Waals surface area contributed by atoms with E-state index in [4.69, 9.17) is 15.2 Å². The Balaban J connectivity index is 2.43. The predicted molar refractivity (Wildman–Crippen MR) is 39.6 cm³/mol. The van der Waals surface area contributed by atoms with Crippen molar-refractivity contribution in [1.29, 1.82) is 0 Å². The molecule has 0 bridgehead atoms. The van der Waals surface area contributed by atoms with E-state index in [1.54, 1.807) is 12.3 Å². The average molecular weight is 152 g/mol. The lowest BCUT2D eigenvalue weighted by Gasteiger charge is -2.16. The van der Waals surface area contributed by atoms with Gasteiger partial charge in [0, 0.05) is 6.07 Å². The normalized spacial score (nSPS) is 14.5. The predicted octanol–water partition coefficient (Wildman–Crippen LogP) is 0.435. The monoisotopic (exact) mass is 152 g/mol. The van der Waals surface area contributed by atoms with Crippen molar-refractivity contribution in [2.24, 2.45) is 0 Å². The Hall–Kier alpha value is -1.45. The molecule has 4 heteroatoms. The van der Waals surface area contributed by atoms with Crippen LogP contribution in [0.5, 0.6) is 11.6 Å². The molecule has 1 aliphatic heterocycles. The number of nitrogens with two attached hydrogens (primary N) is 1. The highest BCUT2D eigenvalue weighted by Crippen LogP contribution is 2.28. The van der Waals surface area contributed by atoms with Gasteiger partial charge in [0.05, 0.1) is 11.9 Å². The molecule has 11 heavy (non-hydrogen) atoms. The summed E-state index contributed by atoms with van der Waals surface area (Å²) >= 11 is 0. The first-order chi connectivity index (χ1) is 5.36. The fourth-order valence-electron chi connectivity index (χ4n) is 0.949. The molecule has 0 saturated carbocycles. The molecule has 1 aliphatic rings. The van der Waals surface area contributed by atoms with Gasteiger partial charge in [0.25, 0.3) is 5.88 Å². The number of ether oxygens (including phenoxy) is 2. The number of aromatic nitrogens is 1. The van der Waals surface area contributed by atoms with Crippen LogP contribution in [0.4, 0.5) is 5.69 Å². The fraction of sp³-hybridized carbons (Fsp3) is 0.286. The number of anilines is 1.